The van der Waals surface area contributed by atoms with Crippen LogP contribution in [0.15, 0.2) is 0 Å². The summed E-state index contributed by atoms with van der Waals surface area (Å²) in [5.74, 6) is 1.34. The largest absolute Gasteiger partial charge is 0.388 e. The molecule has 0 saturated heterocycles. The first-order valence-corrected chi connectivity index (χ1v) is 8.18. The standard InChI is InChI=1S/C16H32N2O/c1-13-5-7-15(8-6-13)18(2)11-9-14-4-3-10-16(14,19)12-17/h13-15,19H,3-12,17H2,1-2H3. The lowest BCUT2D eigenvalue weighted by molar-refractivity contribution is 0.00324. The third kappa shape index (κ3) is 3.71. The fourth-order valence-electron chi connectivity index (χ4n) is 4.03. The van der Waals surface area contributed by atoms with Gasteiger partial charge in [-0.15, -0.1) is 0 Å². The minimum atomic E-state index is -0.568. The van der Waals surface area contributed by atoms with Gasteiger partial charge in [0.05, 0.1) is 5.60 Å². The molecular formula is C16H32N2O. The molecule has 2 atom stereocenters. The van der Waals surface area contributed by atoms with Gasteiger partial charge < -0.3 is 15.7 Å². The van der Waals surface area contributed by atoms with E-state index in [9.17, 15) is 5.11 Å². The number of nitrogens with zero attached hydrogens (tertiary/aromatic N) is 1. The molecule has 19 heavy (non-hydrogen) atoms. The maximum absolute atomic E-state index is 10.5. The Morgan fingerprint density at radius 3 is 2.53 bits per heavy atom. The van der Waals surface area contributed by atoms with Gasteiger partial charge in [0.15, 0.2) is 0 Å². The molecule has 3 heteroatoms. The Bertz CT molecular complexity index is 276. The summed E-state index contributed by atoms with van der Waals surface area (Å²) in [7, 11) is 2.26. The van der Waals surface area contributed by atoms with Gasteiger partial charge >= 0.3 is 0 Å². The Labute approximate surface area is 118 Å². The van der Waals surface area contributed by atoms with Crippen molar-refractivity contribution in [3.8, 4) is 0 Å². The summed E-state index contributed by atoms with van der Waals surface area (Å²) in [6, 6.07) is 0.767. The van der Waals surface area contributed by atoms with Gasteiger partial charge in [0.25, 0.3) is 0 Å². The maximum atomic E-state index is 10.5. The van der Waals surface area contributed by atoms with Crippen molar-refractivity contribution in [2.24, 2.45) is 17.6 Å². The zero-order chi connectivity index (χ0) is 13.9. The zero-order valence-corrected chi connectivity index (χ0v) is 12.8. The molecule has 2 rings (SSSR count). The molecule has 112 valence electrons. The monoisotopic (exact) mass is 268 g/mol. The smallest absolute Gasteiger partial charge is 0.0797 e. The van der Waals surface area contributed by atoms with Crippen LogP contribution < -0.4 is 5.73 Å². The molecule has 2 fully saturated rings. The van der Waals surface area contributed by atoms with Crippen LogP contribution in [0.1, 0.15) is 58.3 Å². The van der Waals surface area contributed by atoms with Gasteiger partial charge in [-0.1, -0.05) is 13.3 Å². The number of aliphatic hydroxyl groups is 1. The van der Waals surface area contributed by atoms with Crippen LogP contribution >= 0.6 is 0 Å². The molecule has 0 aromatic carbocycles. The Morgan fingerprint density at radius 1 is 1.21 bits per heavy atom. The van der Waals surface area contributed by atoms with Gasteiger partial charge in [0, 0.05) is 12.6 Å². The molecule has 0 spiro atoms. The third-order valence-corrected chi connectivity index (χ3v) is 5.71. The molecule has 0 heterocycles. The normalized spacial score (nSPS) is 39.9. The first kappa shape index (κ1) is 15.3. The van der Waals surface area contributed by atoms with Crippen LogP contribution in [0.2, 0.25) is 0 Å². The van der Waals surface area contributed by atoms with Crippen molar-refractivity contribution in [3.05, 3.63) is 0 Å². The third-order valence-electron chi connectivity index (χ3n) is 5.71. The summed E-state index contributed by atoms with van der Waals surface area (Å²) in [5, 5.41) is 10.5. The molecule has 2 aliphatic rings. The highest BCUT2D eigenvalue weighted by atomic mass is 16.3. The van der Waals surface area contributed by atoms with Gasteiger partial charge in [-0.25, -0.2) is 0 Å². The molecule has 3 N–H and O–H groups in total. The fourth-order valence-corrected chi connectivity index (χ4v) is 4.03. The molecule has 0 bridgehead atoms. The summed E-state index contributed by atoms with van der Waals surface area (Å²) in [5.41, 5.74) is 5.19. The van der Waals surface area contributed by atoms with Crippen LogP contribution in [-0.2, 0) is 0 Å². The highest BCUT2D eigenvalue weighted by Gasteiger charge is 2.39. The summed E-state index contributed by atoms with van der Waals surface area (Å²) >= 11 is 0. The van der Waals surface area contributed by atoms with Crippen molar-refractivity contribution in [3.63, 3.8) is 0 Å². The fraction of sp³-hybridized carbons (Fsp3) is 1.00. The lowest BCUT2D eigenvalue weighted by Gasteiger charge is -2.35. The van der Waals surface area contributed by atoms with Gasteiger partial charge in [-0.3, -0.25) is 0 Å². The average Bonchev–Trinajstić information content (AvgIpc) is 2.79. The van der Waals surface area contributed by atoms with E-state index in [2.05, 4.69) is 18.9 Å². The minimum Gasteiger partial charge on any atom is -0.388 e. The van der Waals surface area contributed by atoms with E-state index in [4.69, 9.17) is 5.73 Å². The second-order valence-corrected chi connectivity index (χ2v) is 7.08. The van der Waals surface area contributed by atoms with Crippen LogP contribution in [-0.4, -0.2) is 41.8 Å². The SMILES string of the molecule is CC1CCC(N(C)CCC2CCCC2(O)CN)CC1. The van der Waals surface area contributed by atoms with Crippen molar-refractivity contribution in [1.29, 1.82) is 0 Å². The lowest BCUT2D eigenvalue weighted by atomic mass is 9.85. The predicted octanol–water partition coefficient (Wildman–Crippen LogP) is 2.38. The first-order valence-electron chi connectivity index (χ1n) is 8.18. The number of rotatable bonds is 5. The van der Waals surface area contributed by atoms with Gasteiger partial charge in [0.2, 0.25) is 0 Å². The summed E-state index contributed by atoms with van der Waals surface area (Å²) in [4.78, 5) is 2.53. The highest BCUT2D eigenvalue weighted by molar-refractivity contribution is 4.93. The molecule has 0 radical (unpaired) electrons. The summed E-state index contributed by atoms with van der Waals surface area (Å²) < 4.78 is 0. The molecule has 0 aliphatic heterocycles. The van der Waals surface area contributed by atoms with Crippen LogP contribution in [0.3, 0.4) is 0 Å². The van der Waals surface area contributed by atoms with Gasteiger partial charge in [-0.2, -0.15) is 0 Å². The second kappa shape index (κ2) is 6.55. The van der Waals surface area contributed by atoms with Crippen molar-refractivity contribution >= 4 is 0 Å². The van der Waals surface area contributed by atoms with Crippen LogP contribution in [0.4, 0.5) is 0 Å². The highest BCUT2D eigenvalue weighted by Crippen LogP contribution is 2.37. The van der Waals surface area contributed by atoms with E-state index in [1.54, 1.807) is 0 Å². The van der Waals surface area contributed by atoms with Crippen molar-refractivity contribution in [2.45, 2.75) is 69.9 Å². The van der Waals surface area contributed by atoms with Crippen LogP contribution in [0.5, 0.6) is 0 Å². The first-order chi connectivity index (χ1) is 9.05. The molecule has 2 unspecified atom stereocenters. The Balaban J connectivity index is 1.75. The zero-order valence-electron chi connectivity index (χ0n) is 12.8. The molecule has 0 amide bonds. The average molecular weight is 268 g/mol. The summed E-state index contributed by atoms with van der Waals surface area (Å²) in [6.45, 7) is 3.92. The molecule has 0 aromatic rings. The van der Waals surface area contributed by atoms with Crippen molar-refractivity contribution in [1.82, 2.24) is 4.90 Å². The quantitative estimate of drug-likeness (QED) is 0.805. The maximum Gasteiger partial charge on any atom is 0.0797 e. The number of hydrogen-bond acceptors (Lipinski definition) is 3. The van der Waals surface area contributed by atoms with E-state index in [1.165, 1.54) is 25.7 Å². The summed E-state index contributed by atoms with van der Waals surface area (Å²) in [6.07, 6.45) is 9.77. The Hall–Kier alpha value is -0.120. The van der Waals surface area contributed by atoms with E-state index >= 15 is 0 Å². The number of hydrogen-bond donors (Lipinski definition) is 2. The predicted molar refractivity (Wildman–Crippen MR) is 80.0 cm³/mol. The second-order valence-electron chi connectivity index (χ2n) is 7.08. The van der Waals surface area contributed by atoms with Crippen molar-refractivity contribution in [2.75, 3.05) is 20.1 Å². The molecule has 3 nitrogen and oxygen atoms in total. The van der Waals surface area contributed by atoms with Crippen LogP contribution in [0.25, 0.3) is 0 Å². The van der Waals surface area contributed by atoms with Crippen LogP contribution in [0, 0.1) is 11.8 Å². The van der Waals surface area contributed by atoms with E-state index < -0.39 is 5.60 Å². The molecular weight excluding hydrogens is 236 g/mol. The molecule has 0 aromatic heterocycles. The number of nitrogens with two attached hydrogens (primary N) is 1. The van der Waals surface area contributed by atoms with E-state index in [1.807, 2.05) is 0 Å². The topological polar surface area (TPSA) is 49.5 Å². The van der Waals surface area contributed by atoms with Gasteiger partial charge in [0.1, 0.15) is 0 Å². The van der Waals surface area contributed by atoms with E-state index in [-0.39, 0.29) is 0 Å². The van der Waals surface area contributed by atoms with E-state index in [0.717, 1.165) is 44.2 Å². The van der Waals surface area contributed by atoms with E-state index in [0.29, 0.717) is 12.5 Å². The Morgan fingerprint density at radius 2 is 1.89 bits per heavy atom. The lowest BCUT2D eigenvalue weighted by Crippen LogP contribution is -2.43. The Kier molecular flexibility index (Phi) is 5.27. The molecule has 2 aliphatic carbocycles. The van der Waals surface area contributed by atoms with Gasteiger partial charge in [-0.05, 0) is 70.4 Å². The molecule has 2 saturated carbocycles. The minimum absolute atomic E-state index is 0.419. The van der Waals surface area contributed by atoms with Crippen molar-refractivity contribution < 1.29 is 5.11 Å².